The number of hydrogen-bond acceptors (Lipinski definition) is 4. The highest BCUT2D eigenvalue weighted by atomic mass is 16.5. The smallest absolute Gasteiger partial charge is 0.334 e. The van der Waals surface area contributed by atoms with Gasteiger partial charge in [-0.05, 0) is 19.4 Å². The van der Waals surface area contributed by atoms with Crippen LogP contribution in [0.25, 0.3) is 11.4 Å². The van der Waals surface area contributed by atoms with E-state index in [1.807, 2.05) is 74.5 Å². The number of hydrogen-bond donors (Lipinski definition) is 0. The molecule has 0 unspecified atom stereocenters. The molecular weight excluding hydrogens is 330 g/mol. The summed E-state index contributed by atoms with van der Waals surface area (Å²) in [4.78, 5) is 26.7. The number of benzene rings is 2. The number of carbonyl (C=O) groups is 1. The van der Waals surface area contributed by atoms with Crippen molar-refractivity contribution >= 4 is 5.91 Å². The van der Waals surface area contributed by atoms with Crippen LogP contribution in [0, 0.1) is 0 Å². The molecule has 0 bridgehead atoms. The van der Waals surface area contributed by atoms with Gasteiger partial charge in [-0.2, -0.15) is 0 Å². The lowest BCUT2D eigenvalue weighted by Gasteiger charge is -2.27. The van der Waals surface area contributed by atoms with E-state index in [0.717, 1.165) is 11.1 Å². The fourth-order valence-electron chi connectivity index (χ4n) is 2.77. The number of nitrogens with zero attached hydrogens (tertiary/aromatic N) is 3. The maximum atomic E-state index is 12.9. The standard InChI is InChI=1S/C20H21N3O3/c1-15(2)22(13-16-9-5-3-6-10-16)18(24)14-23-19(21-26-20(23)25)17-11-7-4-8-12-17/h3-12,15H,13-14H2,1-2H3. The molecule has 0 radical (unpaired) electrons. The first-order valence-corrected chi connectivity index (χ1v) is 8.51. The predicted molar refractivity (Wildman–Crippen MR) is 98.3 cm³/mol. The van der Waals surface area contributed by atoms with Gasteiger partial charge in [0.15, 0.2) is 5.82 Å². The molecule has 0 atom stereocenters. The lowest BCUT2D eigenvalue weighted by molar-refractivity contribution is -0.134. The first kappa shape index (κ1) is 17.7. The zero-order chi connectivity index (χ0) is 18.5. The average molecular weight is 351 g/mol. The van der Waals surface area contributed by atoms with Gasteiger partial charge in [0, 0.05) is 18.2 Å². The van der Waals surface area contributed by atoms with Crippen LogP contribution in [0.2, 0.25) is 0 Å². The summed E-state index contributed by atoms with van der Waals surface area (Å²) in [6.07, 6.45) is 0. The van der Waals surface area contributed by atoms with E-state index in [4.69, 9.17) is 4.52 Å². The van der Waals surface area contributed by atoms with Gasteiger partial charge in [-0.3, -0.25) is 9.32 Å². The van der Waals surface area contributed by atoms with Gasteiger partial charge < -0.3 is 4.90 Å². The van der Waals surface area contributed by atoms with Gasteiger partial charge in [0.1, 0.15) is 6.54 Å². The molecule has 6 nitrogen and oxygen atoms in total. The van der Waals surface area contributed by atoms with Crippen molar-refractivity contribution in [1.29, 1.82) is 0 Å². The summed E-state index contributed by atoms with van der Waals surface area (Å²) >= 11 is 0. The molecule has 0 aliphatic carbocycles. The van der Waals surface area contributed by atoms with Gasteiger partial charge in [-0.25, -0.2) is 9.36 Å². The van der Waals surface area contributed by atoms with Crippen molar-refractivity contribution in [2.75, 3.05) is 0 Å². The van der Waals surface area contributed by atoms with Crippen LogP contribution < -0.4 is 5.76 Å². The Morgan fingerprint density at radius 3 is 2.31 bits per heavy atom. The quantitative estimate of drug-likeness (QED) is 0.685. The monoisotopic (exact) mass is 351 g/mol. The third-order valence-corrected chi connectivity index (χ3v) is 4.15. The van der Waals surface area contributed by atoms with Crippen LogP contribution in [0.3, 0.4) is 0 Å². The minimum Gasteiger partial charge on any atom is -0.334 e. The fraction of sp³-hybridized carbons (Fsp3) is 0.250. The van der Waals surface area contributed by atoms with Crippen LogP contribution in [0.1, 0.15) is 19.4 Å². The number of rotatable bonds is 6. The minimum atomic E-state index is -0.638. The third-order valence-electron chi connectivity index (χ3n) is 4.15. The van der Waals surface area contributed by atoms with E-state index in [9.17, 15) is 9.59 Å². The van der Waals surface area contributed by atoms with Gasteiger partial charge in [0.25, 0.3) is 0 Å². The maximum absolute atomic E-state index is 12.9. The zero-order valence-electron chi connectivity index (χ0n) is 14.8. The van der Waals surface area contributed by atoms with E-state index in [1.54, 1.807) is 4.90 Å². The van der Waals surface area contributed by atoms with Gasteiger partial charge in [-0.15, -0.1) is 0 Å². The lowest BCUT2D eigenvalue weighted by Crippen LogP contribution is -2.40. The summed E-state index contributed by atoms with van der Waals surface area (Å²) in [5, 5.41) is 3.83. The highest BCUT2D eigenvalue weighted by molar-refractivity contribution is 5.77. The van der Waals surface area contributed by atoms with Gasteiger partial charge in [0.2, 0.25) is 5.91 Å². The number of carbonyl (C=O) groups excluding carboxylic acids is 1. The molecule has 0 spiro atoms. The van der Waals surface area contributed by atoms with Crippen LogP contribution >= 0.6 is 0 Å². The van der Waals surface area contributed by atoms with Gasteiger partial charge >= 0.3 is 5.76 Å². The Labute approximate surface area is 151 Å². The highest BCUT2D eigenvalue weighted by Crippen LogP contribution is 2.16. The molecule has 3 rings (SSSR count). The third kappa shape index (κ3) is 3.91. The largest absolute Gasteiger partial charge is 0.442 e. The van der Waals surface area contributed by atoms with Crippen molar-refractivity contribution in [2.24, 2.45) is 0 Å². The normalized spacial score (nSPS) is 10.9. The summed E-state index contributed by atoms with van der Waals surface area (Å²) in [6, 6.07) is 19.0. The highest BCUT2D eigenvalue weighted by Gasteiger charge is 2.22. The molecule has 1 amide bonds. The molecule has 3 aromatic rings. The van der Waals surface area contributed by atoms with E-state index < -0.39 is 5.76 Å². The summed E-state index contributed by atoms with van der Waals surface area (Å²) in [5.74, 6) is -0.445. The molecule has 0 saturated heterocycles. The Morgan fingerprint density at radius 2 is 1.69 bits per heavy atom. The van der Waals surface area contributed by atoms with E-state index in [-0.39, 0.29) is 18.5 Å². The molecule has 2 aromatic carbocycles. The molecule has 0 N–H and O–H groups in total. The Morgan fingerprint density at radius 1 is 1.08 bits per heavy atom. The molecule has 6 heteroatoms. The van der Waals surface area contributed by atoms with E-state index >= 15 is 0 Å². The van der Waals surface area contributed by atoms with Crippen molar-refractivity contribution in [3.05, 3.63) is 76.8 Å². The summed E-state index contributed by atoms with van der Waals surface area (Å²) in [5.41, 5.74) is 1.76. The SMILES string of the molecule is CC(C)N(Cc1ccccc1)C(=O)Cn1c(-c2ccccc2)noc1=O. The van der Waals surface area contributed by atoms with Crippen molar-refractivity contribution in [3.8, 4) is 11.4 Å². The second kappa shape index (κ2) is 7.82. The second-order valence-electron chi connectivity index (χ2n) is 6.33. The average Bonchev–Trinajstić information content (AvgIpc) is 3.01. The van der Waals surface area contributed by atoms with E-state index in [0.29, 0.717) is 12.4 Å². The molecule has 1 aromatic heterocycles. The van der Waals surface area contributed by atoms with Crippen molar-refractivity contribution in [1.82, 2.24) is 14.6 Å². The summed E-state index contributed by atoms with van der Waals surface area (Å²) in [6.45, 7) is 4.28. The molecule has 0 aliphatic rings. The molecule has 26 heavy (non-hydrogen) atoms. The molecule has 0 fully saturated rings. The summed E-state index contributed by atoms with van der Waals surface area (Å²) < 4.78 is 6.07. The molecular formula is C20H21N3O3. The molecule has 0 aliphatic heterocycles. The van der Waals surface area contributed by atoms with Crippen LogP contribution in [-0.4, -0.2) is 26.6 Å². The van der Waals surface area contributed by atoms with Crippen molar-refractivity contribution in [2.45, 2.75) is 33.0 Å². The van der Waals surface area contributed by atoms with Crippen LogP contribution in [0.4, 0.5) is 0 Å². The molecule has 134 valence electrons. The van der Waals surface area contributed by atoms with Gasteiger partial charge in [-0.1, -0.05) is 65.8 Å². The Balaban J connectivity index is 1.84. The molecule has 0 saturated carbocycles. The Kier molecular flexibility index (Phi) is 5.31. The van der Waals surface area contributed by atoms with E-state index in [1.165, 1.54) is 4.57 Å². The fourth-order valence-corrected chi connectivity index (χ4v) is 2.77. The van der Waals surface area contributed by atoms with Crippen molar-refractivity contribution in [3.63, 3.8) is 0 Å². The second-order valence-corrected chi connectivity index (χ2v) is 6.33. The van der Waals surface area contributed by atoms with Crippen LogP contribution in [0.15, 0.2) is 70.0 Å². The maximum Gasteiger partial charge on any atom is 0.442 e. The minimum absolute atomic E-state index is 0.00144. The Bertz CT molecular complexity index is 914. The Hall–Kier alpha value is -3.15. The zero-order valence-corrected chi connectivity index (χ0v) is 14.8. The topological polar surface area (TPSA) is 68.3 Å². The first-order chi connectivity index (χ1) is 12.6. The number of amides is 1. The summed E-state index contributed by atoms with van der Waals surface area (Å²) in [7, 11) is 0. The van der Waals surface area contributed by atoms with Crippen LogP contribution in [-0.2, 0) is 17.9 Å². The molecule has 1 heterocycles. The first-order valence-electron chi connectivity index (χ1n) is 8.51. The van der Waals surface area contributed by atoms with Crippen molar-refractivity contribution < 1.29 is 9.32 Å². The van der Waals surface area contributed by atoms with Crippen LogP contribution in [0.5, 0.6) is 0 Å². The lowest BCUT2D eigenvalue weighted by atomic mass is 10.2. The van der Waals surface area contributed by atoms with Gasteiger partial charge in [0.05, 0.1) is 0 Å². The van der Waals surface area contributed by atoms with E-state index in [2.05, 4.69) is 5.16 Å². The predicted octanol–water partition coefficient (Wildman–Crippen LogP) is 2.94. The number of aromatic nitrogens is 2.